The zero-order chi connectivity index (χ0) is 27.9. The Balaban J connectivity index is 1.21. The predicted molar refractivity (Wildman–Crippen MR) is 129 cm³/mol. The molecule has 2 N–H and O–H groups in total. The van der Waals surface area contributed by atoms with E-state index in [4.69, 9.17) is 10.00 Å². The van der Waals surface area contributed by atoms with E-state index in [2.05, 4.69) is 20.5 Å². The van der Waals surface area contributed by atoms with Crippen molar-refractivity contribution in [2.24, 2.45) is 11.3 Å². The lowest BCUT2D eigenvalue weighted by Gasteiger charge is -2.39. The van der Waals surface area contributed by atoms with Crippen LogP contribution in [0.3, 0.4) is 0 Å². The number of alkyl halides is 3. The average Bonchev–Trinajstić information content (AvgIpc) is 3.50. The van der Waals surface area contributed by atoms with Crippen LogP contribution >= 0.6 is 0 Å². The minimum atomic E-state index is -4.59. The number of aromatic amines is 1. The van der Waals surface area contributed by atoms with Crippen molar-refractivity contribution in [3.8, 4) is 23.2 Å². The lowest BCUT2D eigenvalue weighted by Crippen LogP contribution is -2.51. The van der Waals surface area contributed by atoms with Crippen LogP contribution in [0.15, 0.2) is 18.3 Å². The van der Waals surface area contributed by atoms with Gasteiger partial charge in [-0.1, -0.05) is 0 Å². The summed E-state index contributed by atoms with van der Waals surface area (Å²) in [7, 11) is 1.41. The number of rotatable bonds is 5. The van der Waals surface area contributed by atoms with Gasteiger partial charge >= 0.3 is 6.18 Å². The molecule has 3 atom stereocenters. The van der Waals surface area contributed by atoms with E-state index in [1.54, 1.807) is 4.90 Å². The third-order valence-corrected chi connectivity index (χ3v) is 8.41. The van der Waals surface area contributed by atoms with Gasteiger partial charge in [-0.05, 0) is 57.4 Å². The molecule has 0 aromatic carbocycles. The van der Waals surface area contributed by atoms with E-state index >= 15 is 0 Å². The highest BCUT2D eigenvalue weighted by Gasteiger charge is 2.56. The minimum Gasteiger partial charge on any atom is -0.481 e. The number of aromatic nitrogens is 3. The number of methoxy groups -OCH3 is 1. The standard InChI is InChI=1S/C26H28F4N6O3/c1-39-22-10-18(19(27)12-32-22)20-11-21(35-34-20)24(38)36-16-2-3-17(36)9-14(8-16)23(37)33-15-4-6-25(13-31,7-5-15)26(28,29)30/h10-12,14-17H,2-9H2,1H3,(H,33,37)(H,34,35)/t14-,15?,16-,17+,25?. The van der Waals surface area contributed by atoms with E-state index in [9.17, 15) is 27.2 Å². The van der Waals surface area contributed by atoms with Crippen LogP contribution in [0.1, 0.15) is 61.9 Å². The number of carbonyl (C=O) groups is 2. The van der Waals surface area contributed by atoms with Crippen LogP contribution < -0.4 is 10.1 Å². The maximum absolute atomic E-state index is 14.3. The lowest BCUT2D eigenvalue weighted by atomic mass is 9.73. The van der Waals surface area contributed by atoms with E-state index in [1.807, 2.05) is 0 Å². The average molecular weight is 549 g/mol. The smallest absolute Gasteiger partial charge is 0.407 e. The van der Waals surface area contributed by atoms with Crippen molar-refractivity contribution in [1.82, 2.24) is 25.4 Å². The molecule has 2 amide bonds. The number of nitrogens with zero attached hydrogens (tertiary/aromatic N) is 4. The SMILES string of the molecule is COc1cc(-c2cc(C(=O)N3[C@@H]4CC[C@H]3C[C@H](C(=O)NC3CCC(C#N)(C(F)(F)F)CC3)C4)n[nH]2)c(F)cn1. The fraction of sp³-hybridized carbons (Fsp3) is 0.577. The lowest BCUT2D eigenvalue weighted by molar-refractivity contribution is -0.212. The Morgan fingerprint density at radius 1 is 1.18 bits per heavy atom. The first kappa shape index (κ1) is 26.9. The molecule has 9 nitrogen and oxygen atoms in total. The van der Waals surface area contributed by atoms with E-state index < -0.39 is 23.5 Å². The number of halogens is 4. The molecule has 1 aliphatic carbocycles. The molecule has 2 saturated heterocycles. The zero-order valence-corrected chi connectivity index (χ0v) is 21.2. The molecule has 2 bridgehead atoms. The largest absolute Gasteiger partial charge is 0.481 e. The third kappa shape index (κ3) is 4.92. The van der Waals surface area contributed by atoms with E-state index in [-0.39, 0.29) is 72.6 Å². The molecule has 3 fully saturated rings. The molecule has 0 unspecified atom stereocenters. The fourth-order valence-electron chi connectivity index (χ4n) is 6.19. The van der Waals surface area contributed by atoms with Gasteiger partial charge in [-0.3, -0.25) is 14.7 Å². The quantitative estimate of drug-likeness (QED) is 0.542. The number of amides is 2. The van der Waals surface area contributed by atoms with Crippen LogP contribution in [0, 0.1) is 28.5 Å². The van der Waals surface area contributed by atoms with E-state index in [0.29, 0.717) is 18.5 Å². The molecule has 39 heavy (non-hydrogen) atoms. The molecule has 0 radical (unpaired) electrons. The molecule has 0 spiro atoms. The first-order chi connectivity index (χ1) is 18.5. The van der Waals surface area contributed by atoms with Crippen LogP contribution in [0.25, 0.3) is 11.3 Å². The highest BCUT2D eigenvalue weighted by atomic mass is 19.4. The normalized spacial score (nSPS) is 28.6. The molecule has 5 rings (SSSR count). The Labute approximate surface area is 221 Å². The van der Waals surface area contributed by atoms with Crippen LogP contribution in [-0.4, -0.2) is 63.3 Å². The van der Waals surface area contributed by atoms with Gasteiger partial charge in [0.2, 0.25) is 11.8 Å². The van der Waals surface area contributed by atoms with Gasteiger partial charge < -0.3 is 15.0 Å². The Hall–Kier alpha value is -3.69. The van der Waals surface area contributed by atoms with Crippen molar-refractivity contribution in [2.45, 2.75) is 75.7 Å². The zero-order valence-electron chi connectivity index (χ0n) is 21.2. The van der Waals surface area contributed by atoms with Gasteiger partial charge in [0.1, 0.15) is 0 Å². The topological polar surface area (TPSA) is 124 Å². The van der Waals surface area contributed by atoms with Crippen molar-refractivity contribution in [3.63, 3.8) is 0 Å². The number of nitrogens with one attached hydrogen (secondary N) is 2. The van der Waals surface area contributed by atoms with Gasteiger partial charge in [0, 0.05) is 35.7 Å². The van der Waals surface area contributed by atoms with Crippen LogP contribution in [0.2, 0.25) is 0 Å². The van der Waals surface area contributed by atoms with Crippen molar-refractivity contribution in [3.05, 3.63) is 29.8 Å². The Kier molecular flexibility index (Phi) is 6.99. The number of hydrogen-bond donors (Lipinski definition) is 2. The summed E-state index contributed by atoms with van der Waals surface area (Å²) in [4.78, 5) is 32.0. The summed E-state index contributed by atoms with van der Waals surface area (Å²) >= 11 is 0. The van der Waals surface area contributed by atoms with E-state index in [1.165, 1.54) is 25.3 Å². The first-order valence-electron chi connectivity index (χ1n) is 12.9. The Morgan fingerprint density at radius 3 is 2.44 bits per heavy atom. The number of piperidine rings is 1. The summed E-state index contributed by atoms with van der Waals surface area (Å²) in [6.45, 7) is 0. The van der Waals surface area contributed by atoms with Crippen LogP contribution in [0.5, 0.6) is 5.88 Å². The molecule has 2 aliphatic heterocycles. The second-order valence-electron chi connectivity index (χ2n) is 10.6. The molecular formula is C26H28F4N6O3. The molecule has 2 aromatic rings. The second kappa shape index (κ2) is 10.1. The number of ether oxygens (including phenoxy) is 1. The summed E-state index contributed by atoms with van der Waals surface area (Å²) < 4.78 is 59.4. The predicted octanol–water partition coefficient (Wildman–Crippen LogP) is 4.13. The van der Waals surface area contributed by atoms with Gasteiger partial charge in [-0.25, -0.2) is 9.37 Å². The van der Waals surface area contributed by atoms with E-state index in [0.717, 1.165) is 19.0 Å². The molecule has 208 valence electrons. The number of nitriles is 1. The molecule has 2 aromatic heterocycles. The monoisotopic (exact) mass is 548 g/mol. The summed E-state index contributed by atoms with van der Waals surface area (Å²) in [6, 6.07) is 3.58. The summed E-state index contributed by atoms with van der Waals surface area (Å²) in [5, 5.41) is 18.8. The van der Waals surface area contributed by atoms with Crippen molar-refractivity contribution >= 4 is 11.8 Å². The van der Waals surface area contributed by atoms with Gasteiger partial charge in [0.25, 0.3) is 5.91 Å². The Morgan fingerprint density at radius 2 is 1.85 bits per heavy atom. The van der Waals surface area contributed by atoms with Gasteiger partial charge in [-0.15, -0.1) is 0 Å². The molecule has 4 heterocycles. The first-order valence-corrected chi connectivity index (χ1v) is 12.9. The Bertz CT molecular complexity index is 1280. The molecule has 1 saturated carbocycles. The minimum absolute atomic E-state index is 0.0917. The van der Waals surface area contributed by atoms with Gasteiger partial charge in [-0.2, -0.15) is 23.5 Å². The molecule has 3 aliphatic rings. The van der Waals surface area contributed by atoms with Gasteiger partial charge in [0.05, 0.1) is 25.1 Å². The fourth-order valence-corrected chi connectivity index (χ4v) is 6.19. The number of carbonyl (C=O) groups excluding carboxylic acids is 2. The maximum atomic E-state index is 14.3. The molecule has 13 heteroatoms. The number of H-pyrrole nitrogens is 1. The highest BCUT2D eigenvalue weighted by molar-refractivity contribution is 5.94. The summed E-state index contributed by atoms with van der Waals surface area (Å²) in [5.74, 6) is -1.27. The second-order valence-corrected chi connectivity index (χ2v) is 10.6. The summed E-state index contributed by atoms with van der Waals surface area (Å²) in [5.41, 5.74) is -1.75. The van der Waals surface area contributed by atoms with Crippen molar-refractivity contribution in [2.75, 3.05) is 7.11 Å². The van der Waals surface area contributed by atoms with Crippen molar-refractivity contribution < 1.29 is 31.9 Å². The third-order valence-electron chi connectivity index (χ3n) is 8.41. The van der Waals surface area contributed by atoms with Crippen molar-refractivity contribution in [1.29, 1.82) is 5.26 Å². The van der Waals surface area contributed by atoms with Crippen LogP contribution in [0.4, 0.5) is 17.6 Å². The number of fused-ring (bicyclic) bond motifs is 2. The summed E-state index contributed by atoms with van der Waals surface area (Å²) in [6.07, 6.45) is -1.71. The number of hydrogen-bond acceptors (Lipinski definition) is 6. The number of pyridine rings is 1. The molecular weight excluding hydrogens is 520 g/mol. The highest BCUT2D eigenvalue weighted by Crippen LogP contribution is 2.48. The van der Waals surface area contributed by atoms with Gasteiger partial charge in [0.15, 0.2) is 16.9 Å². The van der Waals surface area contributed by atoms with Crippen LogP contribution in [-0.2, 0) is 4.79 Å². The maximum Gasteiger partial charge on any atom is 0.407 e.